The molecule has 6 heteroatoms. The van der Waals surface area contributed by atoms with Gasteiger partial charge in [-0.15, -0.1) is 0 Å². The molecule has 4 rings (SSSR count). The lowest BCUT2D eigenvalue weighted by Crippen LogP contribution is -2.47. The zero-order valence-electron chi connectivity index (χ0n) is 32.2. The maximum atomic E-state index is 7.03. The molecule has 0 radical (unpaired) electrons. The molecule has 0 spiro atoms. The smallest absolute Gasteiger partial charge is 0.199 e. The fourth-order valence-electron chi connectivity index (χ4n) is 9.91. The van der Waals surface area contributed by atoms with Crippen LogP contribution in [-0.2, 0) is 9.47 Å². The number of hydrogen-bond donors (Lipinski definition) is 0. The summed E-state index contributed by atoms with van der Waals surface area (Å²) in [6.07, 6.45) is -0.196. The molecule has 47 heavy (non-hydrogen) atoms. The van der Waals surface area contributed by atoms with E-state index in [1.807, 2.05) is 0 Å². The fraction of sp³-hybridized carbons (Fsp3) is 0.659. The van der Waals surface area contributed by atoms with Gasteiger partial charge in [0.05, 0.1) is 28.2 Å². The predicted octanol–water partition coefficient (Wildman–Crippen LogP) is 12.4. The van der Waals surface area contributed by atoms with E-state index in [-0.39, 0.29) is 24.3 Å². The first-order chi connectivity index (χ1) is 22.0. The normalized spacial score (nSPS) is 22.5. The Kier molecular flexibility index (Phi) is 11.8. The number of rotatable bonds is 14. The van der Waals surface area contributed by atoms with Gasteiger partial charge in [0, 0.05) is 0 Å². The first-order valence-electron chi connectivity index (χ1n) is 18.6. The number of nitrogens with zero attached hydrogens (tertiary/aromatic N) is 2. The van der Waals surface area contributed by atoms with Crippen molar-refractivity contribution in [2.45, 2.75) is 167 Å². The van der Waals surface area contributed by atoms with Crippen LogP contribution < -0.4 is 0 Å². The van der Waals surface area contributed by atoms with E-state index in [1.54, 1.807) is 0 Å². The van der Waals surface area contributed by atoms with Crippen molar-refractivity contribution in [2.75, 3.05) is 0 Å². The molecule has 2 aliphatic rings. The average molecular weight is 675 g/mol. The van der Waals surface area contributed by atoms with Crippen LogP contribution in [0, 0.1) is 5.41 Å². The Labute approximate surface area is 290 Å². The maximum Gasteiger partial charge on any atom is 0.199 e. The SMILES string of the molecule is CC(C)[Si](C[C@@H]1N=C(C(C)(C)C2=N[C@@H](C[Si](C(C)C)(C(C)C)C(C)C)[C@H](c3ccccc3)O2)O[C@H]1c1ccccc1)(C(C)C)C(C)C. The zero-order chi connectivity index (χ0) is 34.9. The van der Waals surface area contributed by atoms with Crippen LogP contribution in [0.4, 0.5) is 0 Å². The van der Waals surface area contributed by atoms with E-state index >= 15 is 0 Å². The van der Waals surface area contributed by atoms with E-state index in [9.17, 15) is 0 Å². The van der Waals surface area contributed by atoms with Gasteiger partial charge in [-0.05, 0) is 37.1 Å². The van der Waals surface area contributed by atoms with Crippen LogP contribution >= 0.6 is 0 Å². The van der Waals surface area contributed by atoms with Crippen molar-refractivity contribution in [1.29, 1.82) is 0 Å². The highest BCUT2D eigenvalue weighted by Gasteiger charge is 2.53. The van der Waals surface area contributed by atoms with Crippen LogP contribution in [0.15, 0.2) is 70.6 Å². The lowest BCUT2D eigenvalue weighted by atomic mass is 9.93. The van der Waals surface area contributed by atoms with Crippen molar-refractivity contribution in [3.05, 3.63) is 71.8 Å². The summed E-state index contributed by atoms with van der Waals surface area (Å²) in [7, 11) is -3.51. The fourth-order valence-corrected chi connectivity index (χ4v) is 22.8. The topological polar surface area (TPSA) is 43.2 Å². The van der Waals surface area contributed by atoms with Crippen molar-refractivity contribution in [2.24, 2.45) is 15.4 Å². The van der Waals surface area contributed by atoms with Crippen molar-refractivity contribution in [3.63, 3.8) is 0 Å². The Balaban J connectivity index is 1.78. The van der Waals surface area contributed by atoms with Crippen LogP contribution in [0.3, 0.4) is 0 Å². The minimum Gasteiger partial charge on any atom is -0.470 e. The predicted molar refractivity (Wildman–Crippen MR) is 208 cm³/mol. The van der Waals surface area contributed by atoms with Gasteiger partial charge >= 0.3 is 0 Å². The van der Waals surface area contributed by atoms with Crippen LogP contribution in [0.2, 0.25) is 45.3 Å². The molecule has 4 atom stereocenters. The Morgan fingerprint density at radius 3 is 1.04 bits per heavy atom. The summed E-state index contributed by atoms with van der Waals surface area (Å²) in [5.74, 6) is 1.56. The summed E-state index contributed by atoms with van der Waals surface area (Å²) >= 11 is 0. The third-order valence-corrected chi connectivity index (χ3v) is 27.8. The molecule has 2 aromatic rings. The lowest BCUT2D eigenvalue weighted by Gasteiger charge is -2.45. The third kappa shape index (κ3) is 7.11. The second-order valence-corrected chi connectivity index (χ2v) is 29.3. The molecule has 0 amide bonds. The van der Waals surface area contributed by atoms with E-state index < -0.39 is 21.6 Å². The average Bonchev–Trinajstić information content (AvgIpc) is 3.64. The van der Waals surface area contributed by atoms with Crippen molar-refractivity contribution in [3.8, 4) is 0 Å². The Hall–Kier alpha value is -2.19. The van der Waals surface area contributed by atoms with E-state index in [2.05, 4.69) is 158 Å². The van der Waals surface area contributed by atoms with Crippen LogP contribution in [0.5, 0.6) is 0 Å². The zero-order valence-corrected chi connectivity index (χ0v) is 34.2. The third-order valence-electron chi connectivity index (χ3n) is 12.6. The number of hydrogen-bond acceptors (Lipinski definition) is 4. The van der Waals surface area contributed by atoms with Crippen molar-refractivity contribution < 1.29 is 9.47 Å². The summed E-state index contributed by atoms with van der Waals surface area (Å²) in [5.41, 5.74) is 5.80. The molecule has 0 unspecified atom stereocenters. The molecule has 0 aromatic heterocycles. The summed E-state index contributed by atoms with van der Waals surface area (Å²) < 4.78 is 14.1. The standard InChI is InChI=1S/C41H66N2O2Si2/c1-27(2)46(28(3)4,29(5)6)25-35-37(33-21-17-15-18-22-33)44-39(42-35)41(13,14)40-43-36(38(45-40)34-23-19-16-20-24-34)26-47(30(7)8,31(9)10)32(11)12/h15-24,27-32,35-38H,25-26H2,1-14H3/t35-,36-,37-,38-/m0/s1. The molecule has 4 nitrogen and oxygen atoms in total. The van der Waals surface area contributed by atoms with Crippen molar-refractivity contribution in [1.82, 2.24) is 0 Å². The summed E-state index contributed by atoms with van der Waals surface area (Å²) in [4.78, 5) is 11.1. The molecular formula is C41H66N2O2Si2. The van der Waals surface area contributed by atoms with Gasteiger partial charge in [-0.2, -0.15) is 0 Å². The van der Waals surface area contributed by atoms with Gasteiger partial charge in [-0.3, -0.25) is 0 Å². The molecule has 2 aliphatic heterocycles. The summed E-state index contributed by atoms with van der Waals surface area (Å²) in [6.45, 7) is 33.9. The minimum absolute atomic E-state index is 0.0798. The van der Waals surface area contributed by atoms with Gasteiger partial charge in [0.25, 0.3) is 0 Å². The quantitative estimate of drug-likeness (QED) is 0.187. The molecule has 2 heterocycles. The van der Waals surface area contributed by atoms with Gasteiger partial charge in [-0.1, -0.05) is 177 Å². The second kappa shape index (κ2) is 14.7. The molecule has 0 saturated heterocycles. The van der Waals surface area contributed by atoms with E-state index in [4.69, 9.17) is 19.5 Å². The van der Waals surface area contributed by atoms with Crippen LogP contribution in [0.25, 0.3) is 0 Å². The monoisotopic (exact) mass is 674 g/mol. The Morgan fingerprint density at radius 1 is 0.511 bits per heavy atom. The molecule has 0 bridgehead atoms. The molecule has 0 N–H and O–H groups in total. The van der Waals surface area contributed by atoms with Crippen molar-refractivity contribution >= 4 is 27.9 Å². The van der Waals surface area contributed by atoms with Crippen LogP contribution in [0.1, 0.15) is 120 Å². The Bertz CT molecular complexity index is 1220. The lowest BCUT2D eigenvalue weighted by molar-refractivity contribution is 0.165. The maximum absolute atomic E-state index is 7.03. The second-order valence-electron chi connectivity index (χ2n) is 17.1. The van der Waals surface area contributed by atoms with Gasteiger partial charge in [0.1, 0.15) is 17.6 Å². The number of ether oxygens (including phenoxy) is 2. The summed E-state index contributed by atoms with van der Waals surface area (Å²) in [6, 6.07) is 24.0. The highest BCUT2D eigenvalue weighted by atomic mass is 28.3. The van der Waals surface area contributed by atoms with E-state index in [0.29, 0.717) is 33.2 Å². The number of benzene rings is 2. The molecular weight excluding hydrogens is 609 g/mol. The first kappa shape index (κ1) is 37.6. The van der Waals surface area contributed by atoms with Gasteiger partial charge in [-0.25, -0.2) is 9.98 Å². The molecule has 0 saturated carbocycles. The molecule has 0 aliphatic carbocycles. The van der Waals surface area contributed by atoms with Gasteiger partial charge in [0.15, 0.2) is 11.8 Å². The van der Waals surface area contributed by atoms with E-state index in [0.717, 1.165) is 23.9 Å². The Morgan fingerprint density at radius 2 is 0.787 bits per heavy atom. The molecule has 260 valence electrons. The number of aliphatic imine (C=N–C) groups is 2. The van der Waals surface area contributed by atoms with Gasteiger partial charge in [0.2, 0.25) is 0 Å². The minimum atomic E-state index is -1.76. The highest BCUT2D eigenvalue weighted by molar-refractivity contribution is 6.84. The van der Waals surface area contributed by atoms with E-state index in [1.165, 1.54) is 11.1 Å². The summed E-state index contributed by atoms with van der Waals surface area (Å²) in [5, 5.41) is 0. The largest absolute Gasteiger partial charge is 0.470 e. The molecule has 0 fully saturated rings. The highest BCUT2D eigenvalue weighted by Crippen LogP contribution is 2.51. The van der Waals surface area contributed by atoms with Crippen LogP contribution in [-0.4, -0.2) is 40.0 Å². The molecule has 2 aromatic carbocycles. The first-order valence-corrected chi connectivity index (χ1v) is 23.5. The van der Waals surface area contributed by atoms with Gasteiger partial charge < -0.3 is 9.47 Å².